The molecule has 0 aliphatic rings. The van der Waals surface area contributed by atoms with Crippen LogP contribution in [0.1, 0.15) is 11.7 Å². The molecule has 0 saturated heterocycles. The van der Waals surface area contributed by atoms with Crippen LogP contribution in [0.5, 0.6) is 0 Å². The summed E-state index contributed by atoms with van der Waals surface area (Å²) in [4.78, 5) is 0. The Bertz CT molecular complexity index is 519. The molecule has 0 spiro atoms. The zero-order valence-corrected chi connectivity index (χ0v) is 10.1. The van der Waals surface area contributed by atoms with Crippen molar-refractivity contribution in [1.82, 2.24) is 0 Å². The van der Waals surface area contributed by atoms with Gasteiger partial charge in [-0.1, -0.05) is 12.1 Å². The predicted octanol–water partition coefficient (Wildman–Crippen LogP) is 4.33. The average Bonchev–Trinajstić information content (AvgIpc) is 2.37. The molecule has 11 heteroatoms. The van der Waals surface area contributed by atoms with Crippen molar-refractivity contribution in [2.45, 2.75) is 30.0 Å². The Balaban J connectivity index is 3.29. The first-order chi connectivity index (χ1) is 9.66. The molecule has 1 atom stereocenters. The molecule has 1 aromatic rings. The van der Waals surface area contributed by atoms with Crippen molar-refractivity contribution in [3.63, 3.8) is 0 Å². The second-order valence-corrected chi connectivity index (χ2v) is 4.22. The molecule has 0 fully saturated rings. The SMILES string of the molecule is OC(c1ccc(F)cc1)C(F)(F)C(F)(F)C(F)(F)C(F)(F)F. The number of aliphatic hydroxyl groups is 1. The Kier molecular flexibility index (Phi) is 4.45. The molecule has 0 saturated carbocycles. The quantitative estimate of drug-likeness (QED) is 0.807. The third kappa shape index (κ3) is 2.73. The van der Waals surface area contributed by atoms with E-state index in [9.17, 15) is 43.9 Å². The van der Waals surface area contributed by atoms with Crippen LogP contribution < -0.4 is 0 Å². The lowest BCUT2D eigenvalue weighted by molar-refractivity contribution is -0.406. The van der Waals surface area contributed by atoms with Gasteiger partial charge in [-0.3, -0.25) is 0 Å². The van der Waals surface area contributed by atoms with Crippen molar-refractivity contribution < 1.29 is 49.0 Å². The molecule has 22 heavy (non-hydrogen) atoms. The molecule has 126 valence electrons. The van der Waals surface area contributed by atoms with Gasteiger partial charge in [-0.05, 0) is 17.7 Å². The lowest BCUT2D eigenvalue weighted by Gasteiger charge is -2.35. The van der Waals surface area contributed by atoms with E-state index < -0.39 is 41.4 Å². The fraction of sp³-hybridized carbons (Fsp3) is 0.455. The summed E-state index contributed by atoms with van der Waals surface area (Å²) in [7, 11) is 0. The van der Waals surface area contributed by atoms with E-state index in [2.05, 4.69) is 0 Å². The van der Waals surface area contributed by atoms with Gasteiger partial charge in [-0.15, -0.1) is 0 Å². The summed E-state index contributed by atoms with van der Waals surface area (Å²) in [5, 5.41) is 9.05. The molecule has 1 unspecified atom stereocenters. The molecule has 1 aromatic carbocycles. The Morgan fingerprint density at radius 2 is 1.14 bits per heavy atom. The maximum atomic E-state index is 13.3. The average molecular weight is 344 g/mol. The van der Waals surface area contributed by atoms with Gasteiger partial charge in [0.25, 0.3) is 0 Å². The van der Waals surface area contributed by atoms with Gasteiger partial charge < -0.3 is 5.11 Å². The van der Waals surface area contributed by atoms with Crippen molar-refractivity contribution in [3.8, 4) is 0 Å². The smallest absolute Gasteiger partial charge is 0.382 e. The fourth-order valence-corrected chi connectivity index (χ4v) is 1.41. The highest BCUT2D eigenvalue weighted by Crippen LogP contribution is 2.56. The topological polar surface area (TPSA) is 20.2 Å². The first-order valence-electron chi connectivity index (χ1n) is 5.30. The number of alkyl halides is 9. The number of aliphatic hydroxyl groups excluding tert-OH is 1. The molecule has 0 aromatic heterocycles. The van der Waals surface area contributed by atoms with Crippen LogP contribution in [-0.2, 0) is 0 Å². The van der Waals surface area contributed by atoms with Crippen LogP contribution in [0.3, 0.4) is 0 Å². The standard InChI is InChI=1S/C11H6F10O/c12-6-3-1-5(2-4-6)7(22)8(13,14)9(15,16)10(17,18)11(19,20)21/h1-4,7,22H. The third-order valence-electron chi connectivity index (χ3n) is 2.70. The number of hydrogen-bond acceptors (Lipinski definition) is 1. The van der Waals surface area contributed by atoms with E-state index in [1.165, 1.54) is 0 Å². The lowest BCUT2D eigenvalue weighted by atomic mass is 9.94. The van der Waals surface area contributed by atoms with Crippen LogP contribution >= 0.6 is 0 Å². The number of rotatable bonds is 4. The minimum absolute atomic E-state index is 0.343. The van der Waals surface area contributed by atoms with Crippen LogP contribution in [0.2, 0.25) is 0 Å². The van der Waals surface area contributed by atoms with E-state index >= 15 is 0 Å². The van der Waals surface area contributed by atoms with Gasteiger partial charge in [0, 0.05) is 0 Å². The summed E-state index contributed by atoms with van der Waals surface area (Å²) >= 11 is 0. The number of benzene rings is 1. The summed E-state index contributed by atoms with van der Waals surface area (Å²) < 4.78 is 126. The number of halogens is 10. The maximum absolute atomic E-state index is 13.3. The molecule has 1 N–H and O–H groups in total. The molecule has 1 rings (SSSR count). The van der Waals surface area contributed by atoms with Crippen LogP contribution in [0.4, 0.5) is 43.9 Å². The third-order valence-corrected chi connectivity index (χ3v) is 2.70. The summed E-state index contributed by atoms with van der Waals surface area (Å²) in [6, 6.07) is 1.54. The normalized spacial score (nSPS) is 15.8. The van der Waals surface area contributed by atoms with Crippen LogP contribution in [0.15, 0.2) is 24.3 Å². The first-order valence-corrected chi connectivity index (χ1v) is 5.30. The fourth-order valence-electron chi connectivity index (χ4n) is 1.41. The summed E-state index contributed by atoms with van der Waals surface area (Å²) in [5.41, 5.74) is -1.16. The Morgan fingerprint density at radius 1 is 0.727 bits per heavy atom. The zero-order chi connectivity index (χ0) is 17.6. The highest BCUT2D eigenvalue weighted by atomic mass is 19.4. The van der Waals surface area contributed by atoms with Gasteiger partial charge in [-0.2, -0.15) is 39.5 Å². The van der Waals surface area contributed by atoms with Crippen molar-refractivity contribution in [2.24, 2.45) is 0 Å². The summed E-state index contributed by atoms with van der Waals surface area (Å²) in [5.74, 6) is -21.2. The largest absolute Gasteiger partial charge is 0.460 e. The van der Waals surface area contributed by atoms with E-state index in [1.807, 2.05) is 0 Å². The van der Waals surface area contributed by atoms with Crippen molar-refractivity contribution in [1.29, 1.82) is 0 Å². The molecule has 0 aliphatic heterocycles. The van der Waals surface area contributed by atoms with Crippen LogP contribution in [0, 0.1) is 5.82 Å². The van der Waals surface area contributed by atoms with Crippen LogP contribution in [0.25, 0.3) is 0 Å². The minimum atomic E-state index is -7.09. The highest BCUT2D eigenvalue weighted by Gasteiger charge is 2.83. The molecule has 1 nitrogen and oxygen atoms in total. The van der Waals surface area contributed by atoms with Crippen molar-refractivity contribution >= 4 is 0 Å². The molecular weight excluding hydrogens is 338 g/mol. The van der Waals surface area contributed by atoms with Gasteiger partial charge in [0.15, 0.2) is 0 Å². The van der Waals surface area contributed by atoms with Crippen LogP contribution in [-0.4, -0.2) is 29.1 Å². The maximum Gasteiger partial charge on any atom is 0.460 e. The Labute approximate surface area is 116 Å². The second kappa shape index (κ2) is 5.28. The summed E-state index contributed by atoms with van der Waals surface area (Å²) in [6.45, 7) is 0. The predicted molar refractivity (Wildman–Crippen MR) is 52.3 cm³/mol. The second-order valence-electron chi connectivity index (χ2n) is 4.22. The first kappa shape index (κ1) is 18.5. The van der Waals surface area contributed by atoms with Crippen molar-refractivity contribution in [2.75, 3.05) is 0 Å². The van der Waals surface area contributed by atoms with E-state index in [0.29, 0.717) is 24.3 Å². The Hall–Kier alpha value is -1.52. The molecule has 0 amide bonds. The monoisotopic (exact) mass is 344 g/mol. The van der Waals surface area contributed by atoms with Gasteiger partial charge in [0.05, 0.1) is 0 Å². The van der Waals surface area contributed by atoms with Gasteiger partial charge in [0.2, 0.25) is 0 Å². The molecule has 0 heterocycles. The van der Waals surface area contributed by atoms with Gasteiger partial charge >= 0.3 is 23.9 Å². The van der Waals surface area contributed by atoms with E-state index in [-0.39, 0.29) is 0 Å². The minimum Gasteiger partial charge on any atom is -0.382 e. The van der Waals surface area contributed by atoms with Crippen molar-refractivity contribution in [3.05, 3.63) is 35.6 Å². The van der Waals surface area contributed by atoms with E-state index in [0.717, 1.165) is 0 Å². The zero-order valence-electron chi connectivity index (χ0n) is 10.1. The number of hydrogen-bond donors (Lipinski definition) is 1. The van der Waals surface area contributed by atoms with Gasteiger partial charge in [0.1, 0.15) is 11.9 Å². The van der Waals surface area contributed by atoms with Gasteiger partial charge in [-0.25, -0.2) is 4.39 Å². The summed E-state index contributed by atoms with van der Waals surface area (Å²) in [6.07, 6.45) is -10.7. The molecule has 0 aliphatic carbocycles. The Morgan fingerprint density at radius 3 is 1.50 bits per heavy atom. The van der Waals surface area contributed by atoms with E-state index in [1.54, 1.807) is 0 Å². The lowest BCUT2D eigenvalue weighted by Crippen LogP contribution is -2.62. The molecule has 0 radical (unpaired) electrons. The van der Waals surface area contributed by atoms with E-state index in [4.69, 9.17) is 5.11 Å². The molecular formula is C11H6F10O. The highest BCUT2D eigenvalue weighted by molar-refractivity contribution is 5.22. The molecule has 0 bridgehead atoms.